The van der Waals surface area contributed by atoms with Gasteiger partial charge >= 0.3 is 5.97 Å². The van der Waals surface area contributed by atoms with Crippen molar-refractivity contribution in [2.75, 3.05) is 0 Å². The summed E-state index contributed by atoms with van der Waals surface area (Å²) in [6.45, 7) is 5.86. The molecule has 2 N–H and O–H groups in total. The van der Waals surface area contributed by atoms with E-state index in [0.29, 0.717) is 19.3 Å². The molecule has 4 aliphatic heterocycles. The van der Waals surface area contributed by atoms with Gasteiger partial charge in [0.15, 0.2) is 12.1 Å². The van der Waals surface area contributed by atoms with E-state index < -0.39 is 40.4 Å². The van der Waals surface area contributed by atoms with Gasteiger partial charge in [0.25, 0.3) is 0 Å². The number of furan rings is 1. The van der Waals surface area contributed by atoms with E-state index in [1.165, 1.54) is 6.08 Å². The van der Waals surface area contributed by atoms with Crippen LogP contribution in [0.1, 0.15) is 64.5 Å². The molecule has 33 heavy (non-hydrogen) atoms. The number of rotatable bonds is 2. The molecule has 2 saturated carbocycles. The molecule has 8 heteroatoms. The van der Waals surface area contributed by atoms with Gasteiger partial charge in [0.1, 0.15) is 11.2 Å². The maximum absolute atomic E-state index is 12.2. The molecule has 9 atom stereocenters. The van der Waals surface area contributed by atoms with Crippen LogP contribution in [0.25, 0.3) is 0 Å². The third kappa shape index (κ3) is 2.23. The van der Waals surface area contributed by atoms with Crippen LogP contribution < -0.4 is 0 Å². The van der Waals surface area contributed by atoms with Gasteiger partial charge in [-0.25, -0.2) is 4.79 Å². The van der Waals surface area contributed by atoms with Gasteiger partial charge in [0, 0.05) is 35.8 Å². The van der Waals surface area contributed by atoms with Crippen molar-refractivity contribution in [2.24, 2.45) is 16.7 Å². The summed E-state index contributed by atoms with van der Waals surface area (Å²) in [5.74, 6) is -1.52. The summed E-state index contributed by atoms with van der Waals surface area (Å²) in [6, 6.07) is 1.87. The fourth-order valence-corrected chi connectivity index (χ4v) is 8.53. The number of ether oxygens (including phenoxy) is 4. The fraction of sp³-hybridized carbons (Fsp3) is 0.720. The lowest BCUT2D eigenvalue weighted by atomic mass is 9.65. The highest BCUT2D eigenvalue weighted by Gasteiger charge is 2.91. The van der Waals surface area contributed by atoms with E-state index in [4.69, 9.17) is 23.4 Å². The third-order valence-electron chi connectivity index (χ3n) is 9.81. The second-order valence-electron chi connectivity index (χ2n) is 11.8. The van der Waals surface area contributed by atoms with Crippen LogP contribution in [0.3, 0.4) is 0 Å². The minimum absolute atomic E-state index is 0.152. The highest BCUT2D eigenvalue weighted by atomic mass is 16.7. The molecule has 7 rings (SSSR count). The number of fused-ring (bicyclic) bond motifs is 1. The molecule has 1 aromatic heterocycles. The molecule has 3 saturated heterocycles. The first-order chi connectivity index (χ1) is 15.5. The Balaban J connectivity index is 1.23. The monoisotopic (exact) mass is 458 g/mol. The molecule has 178 valence electrons. The van der Waals surface area contributed by atoms with Crippen molar-refractivity contribution in [1.82, 2.24) is 0 Å². The first-order valence-corrected chi connectivity index (χ1v) is 11.9. The summed E-state index contributed by atoms with van der Waals surface area (Å²) in [4.78, 5) is 11.9. The lowest BCUT2D eigenvalue weighted by molar-refractivity contribution is -0.241. The Morgan fingerprint density at radius 1 is 1.18 bits per heavy atom. The maximum Gasteiger partial charge on any atom is 0.331 e. The van der Waals surface area contributed by atoms with E-state index in [0.717, 1.165) is 12.0 Å². The normalized spacial score (nSPS) is 55.5. The van der Waals surface area contributed by atoms with Gasteiger partial charge in [0.2, 0.25) is 0 Å². The van der Waals surface area contributed by atoms with Gasteiger partial charge in [-0.2, -0.15) is 0 Å². The first-order valence-electron chi connectivity index (χ1n) is 11.9. The van der Waals surface area contributed by atoms with Gasteiger partial charge in [0.05, 0.1) is 35.8 Å². The SMILES string of the molecule is CC1(C)O[C@]2(C[C@@H]1[C@]1(C)C=CC(=O)O1)C[C@]1(O)[C@H](CC[C@]34C[C@@]31[C@@H](O)O[C@H]4c1ccoc1)O2. The topological polar surface area (TPSA) is 108 Å². The molecule has 0 bridgehead atoms. The second-order valence-corrected chi connectivity index (χ2v) is 11.8. The van der Waals surface area contributed by atoms with Crippen LogP contribution in [0.4, 0.5) is 0 Å². The van der Waals surface area contributed by atoms with Crippen LogP contribution in [-0.2, 0) is 23.7 Å². The highest BCUT2D eigenvalue weighted by molar-refractivity contribution is 5.85. The molecule has 8 nitrogen and oxygen atoms in total. The van der Waals surface area contributed by atoms with Crippen LogP contribution in [0.15, 0.2) is 35.2 Å². The largest absolute Gasteiger partial charge is 0.472 e. The maximum atomic E-state index is 12.2. The van der Waals surface area contributed by atoms with Gasteiger partial charge in [-0.3, -0.25) is 0 Å². The Morgan fingerprint density at radius 2 is 2.00 bits per heavy atom. The number of hydrogen-bond acceptors (Lipinski definition) is 8. The number of aliphatic hydroxyl groups is 2. The van der Waals surface area contributed by atoms with Crippen molar-refractivity contribution < 1.29 is 38.4 Å². The fourth-order valence-electron chi connectivity index (χ4n) is 8.53. The van der Waals surface area contributed by atoms with Crippen molar-refractivity contribution in [3.05, 3.63) is 36.3 Å². The molecule has 1 spiro atoms. The van der Waals surface area contributed by atoms with Gasteiger partial charge < -0.3 is 33.6 Å². The van der Waals surface area contributed by atoms with E-state index >= 15 is 0 Å². The quantitative estimate of drug-likeness (QED) is 0.652. The summed E-state index contributed by atoms with van der Waals surface area (Å²) >= 11 is 0. The average Bonchev–Trinajstić information content (AvgIpc) is 3.20. The summed E-state index contributed by atoms with van der Waals surface area (Å²) in [5.41, 5.74) is -2.98. The minimum Gasteiger partial charge on any atom is -0.472 e. The van der Waals surface area contributed by atoms with Crippen LogP contribution in [-0.4, -0.2) is 51.2 Å². The number of hydrogen-bond donors (Lipinski definition) is 2. The molecule has 6 aliphatic rings. The van der Waals surface area contributed by atoms with Crippen LogP contribution in [0.2, 0.25) is 0 Å². The van der Waals surface area contributed by atoms with E-state index in [1.54, 1.807) is 18.6 Å². The number of cyclic esters (lactones) is 1. The Kier molecular flexibility index (Phi) is 3.59. The Morgan fingerprint density at radius 3 is 2.70 bits per heavy atom. The molecule has 0 unspecified atom stereocenters. The summed E-state index contributed by atoms with van der Waals surface area (Å²) in [6.07, 6.45) is 7.52. The predicted octanol–water partition coefficient (Wildman–Crippen LogP) is 2.74. The lowest BCUT2D eigenvalue weighted by Gasteiger charge is -2.42. The van der Waals surface area contributed by atoms with E-state index in [-0.39, 0.29) is 29.8 Å². The molecule has 5 heterocycles. The summed E-state index contributed by atoms with van der Waals surface area (Å²) < 4.78 is 30.2. The number of aliphatic hydroxyl groups excluding tert-OH is 1. The molecule has 1 aromatic rings. The van der Waals surface area contributed by atoms with Crippen molar-refractivity contribution in [3.63, 3.8) is 0 Å². The zero-order valence-electron chi connectivity index (χ0n) is 19.1. The van der Waals surface area contributed by atoms with Gasteiger partial charge in [-0.15, -0.1) is 0 Å². The minimum atomic E-state index is -1.28. The zero-order chi connectivity index (χ0) is 23.1. The molecular weight excluding hydrogens is 428 g/mol. The standard InChI is InChI=1S/C25H30O8/c1-20(2)15(21(3)7-5-17(26)32-21)10-23(33-20)13-25(28)16(31-23)4-8-22-12-24(22,25)19(27)30-18(22)14-6-9-29-11-14/h5-7,9,11,15-16,18-19,27-28H,4,8,10,12-13H2,1-3H3/t15-,16-,18-,19-,21-,22+,23+,24+,25-/m0/s1. The predicted molar refractivity (Wildman–Crippen MR) is 111 cm³/mol. The first kappa shape index (κ1) is 20.6. The molecule has 2 aliphatic carbocycles. The number of carbonyl (C=O) groups is 1. The zero-order valence-corrected chi connectivity index (χ0v) is 19.1. The second kappa shape index (κ2) is 5.74. The van der Waals surface area contributed by atoms with E-state index in [9.17, 15) is 15.0 Å². The Hall–Kier alpha value is -1.71. The summed E-state index contributed by atoms with van der Waals surface area (Å²) in [5, 5.41) is 23.4. The van der Waals surface area contributed by atoms with Crippen molar-refractivity contribution in [1.29, 1.82) is 0 Å². The van der Waals surface area contributed by atoms with Crippen LogP contribution in [0, 0.1) is 16.7 Å². The number of esters is 1. The molecular formula is C25H30O8. The lowest BCUT2D eigenvalue weighted by Crippen LogP contribution is -2.55. The Bertz CT molecular complexity index is 1060. The average molecular weight is 459 g/mol. The van der Waals surface area contributed by atoms with E-state index in [1.807, 2.05) is 26.8 Å². The Labute approximate surface area is 191 Å². The number of carbonyl (C=O) groups excluding carboxylic acids is 1. The van der Waals surface area contributed by atoms with Crippen molar-refractivity contribution in [2.45, 2.75) is 94.0 Å². The van der Waals surface area contributed by atoms with Crippen LogP contribution >= 0.6 is 0 Å². The summed E-state index contributed by atoms with van der Waals surface area (Å²) in [7, 11) is 0. The molecule has 0 amide bonds. The van der Waals surface area contributed by atoms with Gasteiger partial charge in [-0.05, 0) is 52.2 Å². The van der Waals surface area contributed by atoms with Gasteiger partial charge in [-0.1, -0.05) is 0 Å². The van der Waals surface area contributed by atoms with Crippen molar-refractivity contribution in [3.8, 4) is 0 Å². The van der Waals surface area contributed by atoms with Crippen molar-refractivity contribution >= 4 is 5.97 Å². The smallest absolute Gasteiger partial charge is 0.331 e. The highest BCUT2D eigenvalue weighted by Crippen LogP contribution is 2.86. The molecule has 0 aromatic carbocycles. The van der Waals surface area contributed by atoms with E-state index in [2.05, 4.69) is 0 Å². The third-order valence-corrected chi connectivity index (χ3v) is 9.81. The molecule has 5 fully saturated rings. The molecule has 0 radical (unpaired) electrons. The van der Waals surface area contributed by atoms with Crippen LogP contribution in [0.5, 0.6) is 0 Å².